The van der Waals surface area contributed by atoms with Gasteiger partial charge in [-0.3, -0.25) is 10.1 Å². The van der Waals surface area contributed by atoms with Crippen LogP contribution >= 0.6 is 0 Å². The quantitative estimate of drug-likeness (QED) is 0.645. The first-order chi connectivity index (χ1) is 9.58. The summed E-state index contributed by atoms with van der Waals surface area (Å²) in [5, 5.41) is 14.0. The molecule has 2 aromatic rings. The zero-order chi connectivity index (χ0) is 14.5. The first kappa shape index (κ1) is 13.6. The topological polar surface area (TPSA) is 81.2 Å². The van der Waals surface area contributed by atoms with E-state index in [2.05, 4.69) is 11.9 Å². The molecule has 20 heavy (non-hydrogen) atoms. The molecule has 0 spiro atoms. The highest BCUT2D eigenvalue weighted by atomic mass is 16.6. The molecule has 0 aliphatic heterocycles. The summed E-state index contributed by atoms with van der Waals surface area (Å²) in [5.74, 6) is 0.171. The SMILES string of the molecule is C=C(N)Nc1cccc(Cc2ccccc2)c1[N+](=O)[O-]. The summed E-state index contributed by atoms with van der Waals surface area (Å²) in [7, 11) is 0. The summed E-state index contributed by atoms with van der Waals surface area (Å²) >= 11 is 0. The molecule has 2 rings (SSSR count). The van der Waals surface area contributed by atoms with E-state index in [1.54, 1.807) is 18.2 Å². The minimum absolute atomic E-state index is 0.0305. The first-order valence-electron chi connectivity index (χ1n) is 6.09. The van der Waals surface area contributed by atoms with Gasteiger partial charge in [0.05, 0.1) is 10.7 Å². The van der Waals surface area contributed by atoms with Crippen LogP contribution in [-0.4, -0.2) is 4.92 Å². The third-order valence-corrected chi connectivity index (χ3v) is 2.83. The van der Waals surface area contributed by atoms with Gasteiger partial charge in [0.15, 0.2) is 0 Å². The number of rotatable bonds is 5. The van der Waals surface area contributed by atoms with Crippen LogP contribution in [0, 0.1) is 10.1 Å². The Morgan fingerprint density at radius 2 is 1.90 bits per heavy atom. The van der Waals surface area contributed by atoms with E-state index in [9.17, 15) is 10.1 Å². The van der Waals surface area contributed by atoms with Gasteiger partial charge in [-0.2, -0.15) is 0 Å². The minimum atomic E-state index is -0.399. The van der Waals surface area contributed by atoms with E-state index in [1.165, 1.54) is 0 Å². The molecule has 3 N–H and O–H groups in total. The summed E-state index contributed by atoms with van der Waals surface area (Å²) in [4.78, 5) is 10.9. The predicted molar refractivity (Wildman–Crippen MR) is 79.3 cm³/mol. The zero-order valence-corrected chi connectivity index (χ0v) is 10.9. The molecule has 0 saturated heterocycles. The largest absolute Gasteiger partial charge is 0.386 e. The van der Waals surface area contributed by atoms with Crippen LogP contribution in [0.2, 0.25) is 0 Å². The summed E-state index contributed by atoms with van der Waals surface area (Å²) < 4.78 is 0. The molecular formula is C15H15N3O2. The maximum absolute atomic E-state index is 11.3. The number of anilines is 1. The number of nitrogens with one attached hydrogen (secondary N) is 1. The van der Waals surface area contributed by atoms with E-state index < -0.39 is 4.92 Å². The molecule has 5 heteroatoms. The molecule has 0 bridgehead atoms. The van der Waals surface area contributed by atoms with Crippen molar-refractivity contribution in [3.8, 4) is 0 Å². The van der Waals surface area contributed by atoms with Crippen molar-refractivity contribution < 1.29 is 4.92 Å². The highest BCUT2D eigenvalue weighted by Gasteiger charge is 2.19. The second-order valence-electron chi connectivity index (χ2n) is 4.38. The fraction of sp³-hybridized carbons (Fsp3) is 0.0667. The van der Waals surface area contributed by atoms with Crippen molar-refractivity contribution in [2.75, 3.05) is 5.32 Å². The maximum Gasteiger partial charge on any atom is 0.296 e. The molecule has 0 aliphatic carbocycles. The second kappa shape index (κ2) is 5.88. The number of nitro groups is 1. The van der Waals surface area contributed by atoms with E-state index in [4.69, 9.17) is 5.73 Å². The van der Waals surface area contributed by atoms with Crippen LogP contribution in [0.4, 0.5) is 11.4 Å². The first-order valence-corrected chi connectivity index (χ1v) is 6.09. The summed E-state index contributed by atoms with van der Waals surface area (Å²) in [5.41, 5.74) is 7.50. The van der Waals surface area contributed by atoms with Crippen molar-refractivity contribution >= 4 is 11.4 Å². The summed E-state index contributed by atoms with van der Waals surface area (Å²) in [6, 6.07) is 14.7. The van der Waals surface area contributed by atoms with Gasteiger partial charge >= 0.3 is 0 Å². The Hall–Kier alpha value is -2.82. The lowest BCUT2D eigenvalue weighted by Gasteiger charge is -2.09. The van der Waals surface area contributed by atoms with Crippen molar-refractivity contribution in [2.45, 2.75) is 6.42 Å². The molecule has 5 nitrogen and oxygen atoms in total. The number of hydrogen-bond donors (Lipinski definition) is 2. The van der Waals surface area contributed by atoms with Gasteiger partial charge in [0, 0.05) is 12.0 Å². The van der Waals surface area contributed by atoms with E-state index >= 15 is 0 Å². The smallest absolute Gasteiger partial charge is 0.296 e. The fourth-order valence-electron chi connectivity index (χ4n) is 2.04. The fourth-order valence-corrected chi connectivity index (χ4v) is 2.04. The monoisotopic (exact) mass is 269 g/mol. The average Bonchev–Trinajstić information content (AvgIpc) is 2.39. The van der Waals surface area contributed by atoms with Crippen molar-refractivity contribution in [3.63, 3.8) is 0 Å². The Morgan fingerprint density at radius 1 is 1.20 bits per heavy atom. The zero-order valence-electron chi connectivity index (χ0n) is 10.9. The molecule has 0 amide bonds. The number of benzene rings is 2. The number of para-hydroxylation sites is 1. The lowest BCUT2D eigenvalue weighted by Crippen LogP contribution is -2.09. The van der Waals surface area contributed by atoms with E-state index in [0.717, 1.165) is 5.56 Å². The van der Waals surface area contributed by atoms with Crippen LogP contribution in [0.25, 0.3) is 0 Å². The van der Waals surface area contributed by atoms with Gasteiger partial charge < -0.3 is 11.1 Å². The molecule has 0 heterocycles. The molecule has 0 radical (unpaired) electrons. The van der Waals surface area contributed by atoms with Crippen LogP contribution in [0.1, 0.15) is 11.1 Å². The molecular weight excluding hydrogens is 254 g/mol. The summed E-state index contributed by atoms with van der Waals surface area (Å²) in [6.07, 6.45) is 0.490. The van der Waals surface area contributed by atoms with E-state index in [0.29, 0.717) is 17.7 Å². The molecule has 0 saturated carbocycles. The normalized spacial score (nSPS) is 10.0. The lowest BCUT2D eigenvalue weighted by molar-refractivity contribution is -0.384. The molecule has 102 valence electrons. The molecule has 2 aromatic carbocycles. The number of hydrogen-bond acceptors (Lipinski definition) is 4. The van der Waals surface area contributed by atoms with Gasteiger partial charge in [0.25, 0.3) is 5.69 Å². The van der Waals surface area contributed by atoms with Crippen molar-refractivity contribution in [1.82, 2.24) is 0 Å². The Balaban J connectivity index is 2.42. The van der Waals surface area contributed by atoms with E-state index in [1.807, 2.05) is 30.3 Å². The van der Waals surface area contributed by atoms with Gasteiger partial charge in [-0.15, -0.1) is 0 Å². The minimum Gasteiger partial charge on any atom is -0.386 e. The number of nitrogens with two attached hydrogens (primary N) is 1. The van der Waals surface area contributed by atoms with Gasteiger partial charge in [0.2, 0.25) is 0 Å². The van der Waals surface area contributed by atoms with Crippen LogP contribution < -0.4 is 11.1 Å². The average molecular weight is 269 g/mol. The summed E-state index contributed by atoms with van der Waals surface area (Å²) in [6.45, 7) is 3.51. The van der Waals surface area contributed by atoms with Crippen LogP contribution in [0.15, 0.2) is 60.9 Å². The predicted octanol–water partition coefficient (Wildman–Crippen LogP) is 3.03. The highest BCUT2D eigenvalue weighted by molar-refractivity contribution is 5.67. The molecule has 0 aliphatic rings. The standard InChI is InChI=1S/C15H15N3O2/c1-11(16)17-14-9-5-8-13(15(14)18(19)20)10-12-6-3-2-4-7-12/h2-9,17H,1,10,16H2. The van der Waals surface area contributed by atoms with Crippen molar-refractivity contribution in [2.24, 2.45) is 5.73 Å². The van der Waals surface area contributed by atoms with Gasteiger partial charge in [-0.25, -0.2) is 0 Å². The third kappa shape index (κ3) is 3.14. The third-order valence-electron chi connectivity index (χ3n) is 2.83. The van der Waals surface area contributed by atoms with Gasteiger partial charge in [0.1, 0.15) is 5.69 Å². The maximum atomic E-state index is 11.3. The number of nitro benzene ring substituents is 1. The molecule has 0 atom stereocenters. The highest BCUT2D eigenvalue weighted by Crippen LogP contribution is 2.30. The van der Waals surface area contributed by atoms with Crippen molar-refractivity contribution in [3.05, 3.63) is 82.2 Å². The van der Waals surface area contributed by atoms with Gasteiger partial charge in [-0.1, -0.05) is 49.0 Å². The Bertz CT molecular complexity index is 639. The van der Waals surface area contributed by atoms with Crippen LogP contribution in [0.5, 0.6) is 0 Å². The molecule has 0 aromatic heterocycles. The molecule has 0 unspecified atom stereocenters. The lowest BCUT2D eigenvalue weighted by atomic mass is 10.0. The molecule has 0 fully saturated rings. The Morgan fingerprint density at radius 3 is 2.50 bits per heavy atom. The van der Waals surface area contributed by atoms with E-state index in [-0.39, 0.29) is 11.5 Å². The Kier molecular flexibility index (Phi) is 4.00. The van der Waals surface area contributed by atoms with Crippen LogP contribution in [0.3, 0.4) is 0 Å². The van der Waals surface area contributed by atoms with Crippen LogP contribution in [-0.2, 0) is 6.42 Å². The second-order valence-corrected chi connectivity index (χ2v) is 4.38. The Labute approximate surface area is 116 Å². The van der Waals surface area contributed by atoms with Gasteiger partial charge in [-0.05, 0) is 11.6 Å². The van der Waals surface area contributed by atoms with Crippen molar-refractivity contribution in [1.29, 1.82) is 0 Å². The number of nitrogens with zero attached hydrogens (tertiary/aromatic N) is 1.